The van der Waals surface area contributed by atoms with Crippen molar-refractivity contribution in [1.29, 1.82) is 0 Å². The fourth-order valence-corrected chi connectivity index (χ4v) is 7.40. The van der Waals surface area contributed by atoms with E-state index in [1.54, 1.807) is 19.2 Å². The van der Waals surface area contributed by atoms with E-state index in [2.05, 4.69) is 47.0 Å². The van der Waals surface area contributed by atoms with E-state index in [1.165, 1.54) is 23.0 Å². The minimum absolute atomic E-state index is 0.0216. The zero-order valence-corrected chi connectivity index (χ0v) is 26.0. The van der Waals surface area contributed by atoms with Crippen LogP contribution in [0.5, 0.6) is 0 Å². The number of aliphatic hydroxyl groups is 1. The lowest BCUT2D eigenvalue weighted by molar-refractivity contribution is 0.0795. The third kappa shape index (κ3) is 6.96. The first kappa shape index (κ1) is 30.0. The van der Waals surface area contributed by atoms with Crippen LogP contribution in [0.15, 0.2) is 29.4 Å². The van der Waals surface area contributed by atoms with E-state index in [0.717, 1.165) is 73.3 Å². The van der Waals surface area contributed by atoms with Gasteiger partial charge in [0.2, 0.25) is 0 Å². The second-order valence-corrected chi connectivity index (χ2v) is 15.7. The Hall–Kier alpha value is -2.47. The van der Waals surface area contributed by atoms with E-state index in [4.69, 9.17) is 4.98 Å². The summed E-state index contributed by atoms with van der Waals surface area (Å²) in [6, 6.07) is 4.99. The number of aryl methyl sites for hydroxylation is 1. The van der Waals surface area contributed by atoms with E-state index in [0.29, 0.717) is 17.3 Å². The van der Waals surface area contributed by atoms with Gasteiger partial charge < -0.3 is 15.3 Å². The molecule has 0 bridgehead atoms. The molecule has 4 heterocycles. The van der Waals surface area contributed by atoms with Gasteiger partial charge in [0.1, 0.15) is 10.3 Å². The quantitative estimate of drug-likeness (QED) is 0.392. The number of carbonyl (C=O) groups is 1. The van der Waals surface area contributed by atoms with Gasteiger partial charge in [0.15, 0.2) is 19.9 Å². The molecule has 0 aromatic carbocycles. The molecule has 1 unspecified atom stereocenters. The van der Waals surface area contributed by atoms with Crippen molar-refractivity contribution < 1.29 is 18.3 Å². The highest BCUT2D eigenvalue weighted by molar-refractivity contribution is 7.91. The number of pyridine rings is 2. The van der Waals surface area contributed by atoms with Crippen LogP contribution >= 0.6 is 11.3 Å². The fourth-order valence-electron chi connectivity index (χ4n) is 5.78. The molecule has 2 N–H and O–H groups in total. The third-order valence-electron chi connectivity index (χ3n) is 8.62. The molecule has 1 amide bonds. The summed E-state index contributed by atoms with van der Waals surface area (Å²) < 4.78 is 24.6. The molecule has 3 aromatic rings. The van der Waals surface area contributed by atoms with Crippen LogP contribution in [0.1, 0.15) is 86.0 Å². The standard InChI is InChI=1S/C30H41N5O4S2/c1-5-41(38,39)26-9-6-19(18-31-26)24(12-15-35-13-10-22(36)11-14-35)32-27(37)29-34-25-17-20-16-21(30(2,3)4)7-8-23(20)33-28(25)40-29/h6,9,17-18,21-22,24,36H,5,7-8,10-16H2,1-4H3,(H,32,37)/t21?,24-/m1/s1. The van der Waals surface area contributed by atoms with Gasteiger partial charge in [0.05, 0.1) is 17.9 Å². The van der Waals surface area contributed by atoms with Crippen LogP contribution in [0.3, 0.4) is 0 Å². The smallest absolute Gasteiger partial charge is 0.280 e. The molecule has 11 heteroatoms. The number of carbonyl (C=O) groups excluding carboxylic acids is 1. The molecule has 9 nitrogen and oxygen atoms in total. The molecule has 1 saturated heterocycles. The zero-order chi connectivity index (χ0) is 29.4. The summed E-state index contributed by atoms with van der Waals surface area (Å²) in [5.41, 5.74) is 4.09. The van der Waals surface area contributed by atoms with E-state index in [-0.39, 0.29) is 34.2 Å². The van der Waals surface area contributed by atoms with Crippen LogP contribution in [0.4, 0.5) is 0 Å². The minimum atomic E-state index is -3.42. The molecule has 41 heavy (non-hydrogen) atoms. The van der Waals surface area contributed by atoms with Crippen LogP contribution < -0.4 is 5.32 Å². The summed E-state index contributed by atoms with van der Waals surface area (Å²) in [5, 5.41) is 13.4. The van der Waals surface area contributed by atoms with Crippen molar-refractivity contribution in [3.8, 4) is 0 Å². The number of likely N-dealkylation sites (tertiary alicyclic amines) is 1. The predicted molar refractivity (Wildman–Crippen MR) is 161 cm³/mol. The van der Waals surface area contributed by atoms with E-state index in [9.17, 15) is 18.3 Å². The number of rotatable bonds is 8. The Morgan fingerprint density at radius 1 is 1.20 bits per heavy atom. The highest BCUT2D eigenvalue weighted by Gasteiger charge is 2.30. The number of amides is 1. The molecule has 3 aromatic heterocycles. The minimum Gasteiger partial charge on any atom is -0.393 e. The van der Waals surface area contributed by atoms with E-state index >= 15 is 0 Å². The van der Waals surface area contributed by atoms with Crippen molar-refractivity contribution in [1.82, 2.24) is 25.2 Å². The number of aliphatic hydroxyl groups excluding tert-OH is 1. The average Bonchev–Trinajstić information content (AvgIpc) is 3.37. The lowest BCUT2D eigenvalue weighted by atomic mass is 9.71. The number of hydrogen-bond donors (Lipinski definition) is 2. The number of sulfone groups is 1. The second-order valence-electron chi connectivity index (χ2n) is 12.5. The average molecular weight is 600 g/mol. The number of thiazole rings is 1. The molecule has 0 spiro atoms. The first-order valence-corrected chi connectivity index (χ1v) is 17.1. The first-order valence-electron chi connectivity index (χ1n) is 14.6. The third-order valence-corrected chi connectivity index (χ3v) is 11.2. The maximum absolute atomic E-state index is 13.5. The zero-order valence-electron chi connectivity index (χ0n) is 24.4. The molecular weight excluding hydrogens is 558 g/mol. The van der Waals surface area contributed by atoms with E-state index < -0.39 is 9.84 Å². The first-order chi connectivity index (χ1) is 19.4. The van der Waals surface area contributed by atoms with Crippen molar-refractivity contribution in [2.45, 2.75) is 83.4 Å². The van der Waals surface area contributed by atoms with Gasteiger partial charge in [-0.25, -0.2) is 23.4 Å². The molecule has 0 radical (unpaired) electrons. The number of nitrogens with one attached hydrogen (secondary N) is 1. The summed E-state index contributed by atoms with van der Waals surface area (Å²) in [6.07, 6.45) is 6.43. The molecule has 2 aliphatic rings. The van der Waals surface area contributed by atoms with Crippen LogP contribution in [0.2, 0.25) is 0 Å². The Morgan fingerprint density at radius 3 is 2.61 bits per heavy atom. The highest BCUT2D eigenvalue weighted by Crippen LogP contribution is 2.38. The van der Waals surface area contributed by atoms with Crippen molar-refractivity contribution in [3.63, 3.8) is 0 Å². The number of nitrogens with zero attached hydrogens (tertiary/aromatic N) is 4. The van der Waals surface area contributed by atoms with Gasteiger partial charge in [-0.05, 0) is 73.1 Å². The maximum atomic E-state index is 13.5. The summed E-state index contributed by atoms with van der Waals surface area (Å²) in [7, 11) is -3.42. The van der Waals surface area contributed by atoms with Crippen LogP contribution in [-0.4, -0.2) is 70.8 Å². The summed E-state index contributed by atoms with van der Waals surface area (Å²) in [4.78, 5) is 30.4. The Balaban J connectivity index is 1.36. The number of piperidine rings is 1. The number of aromatic nitrogens is 3. The van der Waals surface area contributed by atoms with Gasteiger partial charge in [-0.1, -0.05) is 45.1 Å². The van der Waals surface area contributed by atoms with Crippen molar-refractivity contribution in [2.24, 2.45) is 11.3 Å². The monoisotopic (exact) mass is 599 g/mol. The summed E-state index contributed by atoms with van der Waals surface area (Å²) >= 11 is 1.31. The maximum Gasteiger partial charge on any atom is 0.280 e. The normalized spacial score (nSPS) is 19.7. The Morgan fingerprint density at radius 2 is 1.95 bits per heavy atom. The summed E-state index contributed by atoms with van der Waals surface area (Å²) in [6.45, 7) is 10.8. The van der Waals surface area contributed by atoms with Gasteiger partial charge in [0, 0.05) is 31.5 Å². The topological polar surface area (TPSA) is 125 Å². The van der Waals surface area contributed by atoms with Crippen LogP contribution in [0, 0.1) is 11.3 Å². The number of fused-ring (bicyclic) bond motifs is 2. The predicted octanol–water partition coefficient (Wildman–Crippen LogP) is 4.35. The van der Waals surface area contributed by atoms with Gasteiger partial charge in [0.25, 0.3) is 5.91 Å². The fraction of sp³-hybridized carbons (Fsp3) is 0.600. The van der Waals surface area contributed by atoms with Gasteiger partial charge in [-0.3, -0.25) is 4.79 Å². The second kappa shape index (κ2) is 12.0. The van der Waals surface area contributed by atoms with Crippen LogP contribution in [0.25, 0.3) is 10.3 Å². The molecular formula is C30H41N5O4S2. The van der Waals surface area contributed by atoms with E-state index in [1.807, 2.05) is 0 Å². The van der Waals surface area contributed by atoms with Crippen molar-refractivity contribution >= 4 is 37.4 Å². The summed E-state index contributed by atoms with van der Waals surface area (Å²) in [5.74, 6) is 0.293. The van der Waals surface area contributed by atoms with Gasteiger partial charge in [-0.15, -0.1) is 0 Å². The molecule has 0 saturated carbocycles. The van der Waals surface area contributed by atoms with Crippen molar-refractivity contribution in [2.75, 3.05) is 25.4 Å². The van der Waals surface area contributed by atoms with Crippen molar-refractivity contribution in [3.05, 3.63) is 46.2 Å². The number of hydrogen-bond acceptors (Lipinski definition) is 9. The molecule has 1 aliphatic heterocycles. The Labute approximate surface area is 246 Å². The Bertz CT molecular complexity index is 1490. The molecule has 2 atom stereocenters. The molecule has 1 fully saturated rings. The molecule has 222 valence electrons. The Kier molecular flexibility index (Phi) is 8.80. The molecule has 5 rings (SSSR count). The SMILES string of the molecule is CCS(=O)(=O)c1ccc([C@@H](CCN2CCC(O)CC2)NC(=O)c2nc3cc4c(nc3s2)CCC(C(C)(C)C)C4)cn1. The lowest BCUT2D eigenvalue weighted by Crippen LogP contribution is -2.38. The largest absolute Gasteiger partial charge is 0.393 e. The van der Waals surface area contributed by atoms with Gasteiger partial charge in [-0.2, -0.15) is 0 Å². The van der Waals surface area contributed by atoms with Crippen LogP contribution in [-0.2, 0) is 22.7 Å². The molecule has 1 aliphatic carbocycles. The lowest BCUT2D eigenvalue weighted by Gasteiger charge is -2.34. The van der Waals surface area contributed by atoms with Gasteiger partial charge >= 0.3 is 0 Å². The highest BCUT2D eigenvalue weighted by atomic mass is 32.2.